The number of carbonyl (C=O) groups is 2. The standard InChI is InChI=1S/C18H17NO3/c20-17-15(18(21)22)11-12-19(17)16(13-7-3-1-4-8-13)14-9-5-2-6-10-14/h1-10,15-16H,11-12H2,(H,21,22). The van der Waals surface area contributed by atoms with Crippen molar-refractivity contribution < 1.29 is 14.7 Å². The lowest BCUT2D eigenvalue weighted by molar-refractivity contribution is -0.148. The number of nitrogens with zero attached hydrogens (tertiary/aromatic N) is 1. The largest absolute Gasteiger partial charge is 0.481 e. The minimum Gasteiger partial charge on any atom is -0.481 e. The lowest BCUT2D eigenvalue weighted by Crippen LogP contribution is -2.34. The molecule has 22 heavy (non-hydrogen) atoms. The second-order valence-corrected chi connectivity index (χ2v) is 5.44. The molecule has 0 radical (unpaired) electrons. The molecule has 1 unspecified atom stereocenters. The summed E-state index contributed by atoms with van der Waals surface area (Å²) in [5, 5.41) is 9.18. The number of amides is 1. The molecule has 2 aromatic carbocycles. The van der Waals surface area contributed by atoms with Gasteiger partial charge in [0.25, 0.3) is 0 Å². The van der Waals surface area contributed by atoms with Crippen LogP contribution in [0.3, 0.4) is 0 Å². The van der Waals surface area contributed by atoms with Crippen molar-refractivity contribution in [1.29, 1.82) is 0 Å². The fraction of sp³-hybridized carbons (Fsp3) is 0.222. The molecule has 1 heterocycles. The van der Waals surface area contributed by atoms with Crippen LogP contribution < -0.4 is 0 Å². The van der Waals surface area contributed by atoms with Gasteiger partial charge in [-0.1, -0.05) is 60.7 Å². The van der Waals surface area contributed by atoms with Crippen LogP contribution in [0.1, 0.15) is 23.6 Å². The molecule has 112 valence electrons. The predicted octanol–water partition coefficient (Wildman–Crippen LogP) is 2.71. The quantitative estimate of drug-likeness (QED) is 0.882. The number of carboxylic acid groups (broad SMARTS) is 1. The molecule has 4 heteroatoms. The topological polar surface area (TPSA) is 57.6 Å². The maximum atomic E-state index is 12.5. The molecule has 1 amide bonds. The first-order chi connectivity index (χ1) is 10.7. The zero-order chi connectivity index (χ0) is 15.5. The van der Waals surface area contributed by atoms with Gasteiger partial charge in [-0.05, 0) is 17.5 Å². The monoisotopic (exact) mass is 295 g/mol. The van der Waals surface area contributed by atoms with Crippen molar-refractivity contribution in [2.75, 3.05) is 6.54 Å². The molecule has 4 nitrogen and oxygen atoms in total. The van der Waals surface area contributed by atoms with Crippen LogP contribution in [-0.2, 0) is 9.59 Å². The Morgan fingerprint density at radius 1 is 1.00 bits per heavy atom. The van der Waals surface area contributed by atoms with Gasteiger partial charge < -0.3 is 10.0 Å². The molecule has 0 spiro atoms. The second kappa shape index (κ2) is 6.02. The zero-order valence-electron chi connectivity index (χ0n) is 12.1. The number of carbonyl (C=O) groups excluding carboxylic acids is 1. The van der Waals surface area contributed by atoms with E-state index in [0.717, 1.165) is 11.1 Å². The summed E-state index contributed by atoms with van der Waals surface area (Å²) in [6, 6.07) is 19.2. The van der Waals surface area contributed by atoms with E-state index in [-0.39, 0.29) is 11.9 Å². The first-order valence-electron chi connectivity index (χ1n) is 7.31. The van der Waals surface area contributed by atoms with Gasteiger partial charge in [-0.2, -0.15) is 0 Å². The number of aliphatic carboxylic acids is 1. The molecule has 0 saturated carbocycles. The maximum absolute atomic E-state index is 12.5. The third-order valence-corrected chi connectivity index (χ3v) is 4.08. The summed E-state index contributed by atoms with van der Waals surface area (Å²) in [6.45, 7) is 0.463. The summed E-state index contributed by atoms with van der Waals surface area (Å²) < 4.78 is 0. The molecule has 0 aromatic heterocycles. The summed E-state index contributed by atoms with van der Waals surface area (Å²) in [4.78, 5) is 25.4. The summed E-state index contributed by atoms with van der Waals surface area (Å²) in [6.07, 6.45) is 0.365. The molecular weight excluding hydrogens is 278 g/mol. The van der Waals surface area contributed by atoms with E-state index in [1.165, 1.54) is 0 Å². The van der Waals surface area contributed by atoms with Gasteiger partial charge in [0.2, 0.25) is 5.91 Å². The summed E-state index contributed by atoms with van der Waals surface area (Å²) >= 11 is 0. The van der Waals surface area contributed by atoms with E-state index in [0.29, 0.717) is 13.0 Å². The van der Waals surface area contributed by atoms with E-state index in [1.807, 2.05) is 60.7 Å². The number of carboxylic acids is 1. The molecule has 1 N–H and O–H groups in total. The van der Waals surface area contributed by atoms with E-state index < -0.39 is 11.9 Å². The van der Waals surface area contributed by atoms with Crippen LogP contribution in [0.15, 0.2) is 60.7 Å². The van der Waals surface area contributed by atoms with Crippen molar-refractivity contribution in [3.63, 3.8) is 0 Å². The third kappa shape index (κ3) is 2.60. The van der Waals surface area contributed by atoms with Crippen molar-refractivity contribution in [2.45, 2.75) is 12.5 Å². The van der Waals surface area contributed by atoms with Gasteiger partial charge in [0.15, 0.2) is 0 Å². The Kier molecular flexibility index (Phi) is 3.92. The van der Waals surface area contributed by atoms with Gasteiger partial charge in [0.05, 0.1) is 6.04 Å². The number of rotatable bonds is 4. The Labute approximate surface area is 129 Å². The van der Waals surface area contributed by atoms with Crippen LogP contribution in [0.25, 0.3) is 0 Å². The summed E-state index contributed by atoms with van der Waals surface area (Å²) in [5.74, 6) is -2.26. The highest BCUT2D eigenvalue weighted by atomic mass is 16.4. The van der Waals surface area contributed by atoms with Crippen LogP contribution in [0.4, 0.5) is 0 Å². The SMILES string of the molecule is O=C(O)C1CCN(C(c2ccccc2)c2ccccc2)C1=O. The first kappa shape index (κ1) is 14.3. The molecule has 2 aromatic rings. The molecule has 3 rings (SSSR count). The van der Waals surface area contributed by atoms with Crippen molar-refractivity contribution in [3.05, 3.63) is 71.8 Å². The van der Waals surface area contributed by atoms with Gasteiger partial charge in [-0.3, -0.25) is 9.59 Å². The Hall–Kier alpha value is -2.62. The molecular formula is C18H17NO3. The molecule has 1 saturated heterocycles. The Morgan fingerprint density at radius 2 is 1.50 bits per heavy atom. The maximum Gasteiger partial charge on any atom is 0.316 e. The Morgan fingerprint density at radius 3 is 1.91 bits per heavy atom. The van der Waals surface area contributed by atoms with E-state index in [2.05, 4.69) is 0 Å². The number of benzene rings is 2. The lowest BCUT2D eigenvalue weighted by atomic mass is 9.97. The minimum atomic E-state index is -1.03. The molecule has 1 atom stereocenters. The lowest BCUT2D eigenvalue weighted by Gasteiger charge is -2.29. The van der Waals surface area contributed by atoms with Crippen LogP contribution in [0.2, 0.25) is 0 Å². The Bertz CT molecular complexity index is 630. The minimum absolute atomic E-state index is 0.237. The third-order valence-electron chi connectivity index (χ3n) is 4.08. The van der Waals surface area contributed by atoms with Crippen molar-refractivity contribution in [3.8, 4) is 0 Å². The van der Waals surface area contributed by atoms with E-state index >= 15 is 0 Å². The van der Waals surface area contributed by atoms with Gasteiger partial charge >= 0.3 is 5.97 Å². The average molecular weight is 295 g/mol. The highest BCUT2D eigenvalue weighted by molar-refractivity contribution is 5.98. The van der Waals surface area contributed by atoms with Crippen LogP contribution in [-0.4, -0.2) is 28.4 Å². The number of hydrogen-bond donors (Lipinski definition) is 1. The van der Waals surface area contributed by atoms with Crippen molar-refractivity contribution in [1.82, 2.24) is 4.90 Å². The average Bonchev–Trinajstić information content (AvgIpc) is 2.92. The van der Waals surface area contributed by atoms with E-state index in [4.69, 9.17) is 0 Å². The van der Waals surface area contributed by atoms with E-state index in [9.17, 15) is 14.7 Å². The fourth-order valence-electron chi connectivity index (χ4n) is 3.01. The summed E-state index contributed by atoms with van der Waals surface area (Å²) in [5.41, 5.74) is 1.99. The van der Waals surface area contributed by atoms with Crippen LogP contribution in [0, 0.1) is 5.92 Å². The fourth-order valence-corrected chi connectivity index (χ4v) is 3.01. The molecule has 0 bridgehead atoms. The van der Waals surface area contributed by atoms with E-state index in [1.54, 1.807) is 4.90 Å². The van der Waals surface area contributed by atoms with Gasteiger partial charge in [-0.25, -0.2) is 0 Å². The van der Waals surface area contributed by atoms with Gasteiger partial charge in [0.1, 0.15) is 5.92 Å². The van der Waals surface area contributed by atoms with Crippen molar-refractivity contribution in [2.24, 2.45) is 5.92 Å². The smallest absolute Gasteiger partial charge is 0.316 e. The molecule has 1 fully saturated rings. The Balaban J connectivity index is 2.00. The molecule has 1 aliphatic heterocycles. The first-order valence-corrected chi connectivity index (χ1v) is 7.31. The second-order valence-electron chi connectivity index (χ2n) is 5.44. The predicted molar refractivity (Wildman–Crippen MR) is 82.2 cm³/mol. The van der Waals surface area contributed by atoms with Gasteiger partial charge in [-0.15, -0.1) is 0 Å². The van der Waals surface area contributed by atoms with Crippen LogP contribution in [0.5, 0.6) is 0 Å². The highest BCUT2D eigenvalue weighted by Crippen LogP contribution is 2.33. The normalized spacial score (nSPS) is 18.0. The molecule has 0 aliphatic carbocycles. The summed E-state index contributed by atoms with van der Waals surface area (Å²) in [7, 11) is 0. The highest BCUT2D eigenvalue weighted by Gasteiger charge is 2.40. The van der Waals surface area contributed by atoms with Crippen molar-refractivity contribution >= 4 is 11.9 Å². The molecule has 1 aliphatic rings. The van der Waals surface area contributed by atoms with Gasteiger partial charge in [0, 0.05) is 6.54 Å². The number of hydrogen-bond acceptors (Lipinski definition) is 2. The van der Waals surface area contributed by atoms with Crippen LogP contribution >= 0.6 is 0 Å². The zero-order valence-corrected chi connectivity index (χ0v) is 12.1. The number of likely N-dealkylation sites (tertiary alicyclic amines) is 1.